The monoisotopic (exact) mass is 270 g/mol. The summed E-state index contributed by atoms with van der Waals surface area (Å²) in [6, 6.07) is 3.77. The van der Waals surface area contributed by atoms with E-state index in [1.165, 1.54) is 6.07 Å². The first-order chi connectivity index (χ1) is 9.13. The summed E-state index contributed by atoms with van der Waals surface area (Å²) in [6.07, 6.45) is 3.18. The molecule has 3 N–H and O–H groups in total. The molecule has 0 aromatic heterocycles. The normalized spacial score (nSPS) is 24.0. The van der Waals surface area contributed by atoms with Crippen molar-refractivity contribution < 1.29 is 13.5 Å². The van der Waals surface area contributed by atoms with E-state index in [2.05, 4.69) is 5.43 Å². The SMILES string of the molecule is CCOC1CC(CC(NN)c2ccc(F)c(F)c2)C1. The zero-order valence-electron chi connectivity index (χ0n) is 11.0. The van der Waals surface area contributed by atoms with Crippen LogP contribution in [0, 0.1) is 17.6 Å². The minimum Gasteiger partial charge on any atom is -0.378 e. The van der Waals surface area contributed by atoms with Crippen molar-refractivity contribution >= 4 is 0 Å². The van der Waals surface area contributed by atoms with Crippen LogP contribution in [-0.4, -0.2) is 12.7 Å². The minimum absolute atomic E-state index is 0.150. The number of benzene rings is 1. The summed E-state index contributed by atoms with van der Waals surface area (Å²) in [4.78, 5) is 0. The fourth-order valence-corrected chi connectivity index (χ4v) is 2.60. The van der Waals surface area contributed by atoms with E-state index in [1.807, 2.05) is 6.92 Å². The van der Waals surface area contributed by atoms with Crippen molar-refractivity contribution in [3.05, 3.63) is 35.4 Å². The van der Waals surface area contributed by atoms with E-state index in [0.29, 0.717) is 17.6 Å². The van der Waals surface area contributed by atoms with E-state index in [4.69, 9.17) is 10.6 Å². The molecule has 0 saturated heterocycles. The molecule has 1 fully saturated rings. The molecule has 0 amide bonds. The number of hydrogen-bond acceptors (Lipinski definition) is 3. The number of nitrogens with two attached hydrogens (primary N) is 1. The zero-order valence-corrected chi connectivity index (χ0v) is 11.0. The smallest absolute Gasteiger partial charge is 0.159 e. The molecule has 0 heterocycles. The van der Waals surface area contributed by atoms with Crippen LogP contribution in [0.15, 0.2) is 18.2 Å². The Hall–Kier alpha value is -1.04. The van der Waals surface area contributed by atoms with Crippen LogP contribution in [0.2, 0.25) is 0 Å². The molecule has 1 aromatic carbocycles. The van der Waals surface area contributed by atoms with Gasteiger partial charge >= 0.3 is 0 Å². The second-order valence-electron chi connectivity index (χ2n) is 5.04. The van der Waals surface area contributed by atoms with Crippen molar-refractivity contribution in [1.29, 1.82) is 0 Å². The fraction of sp³-hybridized carbons (Fsp3) is 0.571. The van der Waals surface area contributed by atoms with Gasteiger partial charge in [0.25, 0.3) is 0 Å². The van der Waals surface area contributed by atoms with E-state index in [-0.39, 0.29) is 6.04 Å². The van der Waals surface area contributed by atoms with E-state index < -0.39 is 11.6 Å². The highest BCUT2D eigenvalue weighted by Gasteiger charge is 2.31. The molecule has 1 aliphatic rings. The van der Waals surface area contributed by atoms with Gasteiger partial charge in [0.2, 0.25) is 0 Å². The first-order valence-corrected chi connectivity index (χ1v) is 6.66. The Morgan fingerprint density at radius 2 is 2.11 bits per heavy atom. The standard InChI is InChI=1S/C14H20F2N2O/c1-2-19-11-5-9(6-11)7-14(18-17)10-3-4-12(15)13(16)8-10/h3-4,8-9,11,14,18H,2,5-7,17H2,1H3. The lowest BCUT2D eigenvalue weighted by atomic mass is 9.77. The Balaban J connectivity index is 1.92. The zero-order chi connectivity index (χ0) is 13.8. The molecule has 106 valence electrons. The van der Waals surface area contributed by atoms with Gasteiger partial charge in [0, 0.05) is 12.6 Å². The van der Waals surface area contributed by atoms with Crippen LogP contribution >= 0.6 is 0 Å². The van der Waals surface area contributed by atoms with Crippen molar-refractivity contribution in [2.24, 2.45) is 11.8 Å². The molecule has 1 unspecified atom stereocenters. The summed E-state index contributed by atoms with van der Waals surface area (Å²) in [5, 5.41) is 0. The van der Waals surface area contributed by atoms with Crippen LogP contribution in [0.1, 0.15) is 37.8 Å². The largest absolute Gasteiger partial charge is 0.378 e. The number of hydrogen-bond donors (Lipinski definition) is 2. The maximum absolute atomic E-state index is 13.2. The maximum Gasteiger partial charge on any atom is 0.159 e. The van der Waals surface area contributed by atoms with Gasteiger partial charge in [-0.15, -0.1) is 0 Å². The quantitative estimate of drug-likeness (QED) is 0.617. The molecule has 1 atom stereocenters. The molecule has 19 heavy (non-hydrogen) atoms. The van der Waals surface area contributed by atoms with Gasteiger partial charge in [-0.3, -0.25) is 11.3 Å². The van der Waals surface area contributed by atoms with Gasteiger partial charge in [-0.05, 0) is 49.8 Å². The van der Waals surface area contributed by atoms with Gasteiger partial charge in [0.15, 0.2) is 11.6 Å². The molecular formula is C14H20F2N2O. The van der Waals surface area contributed by atoms with E-state index >= 15 is 0 Å². The van der Waals surface area contributed by atoms with Gasteiger partial charge < -0.3 is 4.74 Å². The Bertz CT molecular complexity index is 422. The summed E-state index contributed by atoms with van der Waals surface area (Å²) >= 11 is 0. The number of halogens is 2. The molecular weight excluding hydrogens is 250 g/mol. The first kappa shape index (κ1) is 14.4. The van der Waals surface area contributed by atoms with Crippen molar-refractivity contribution in [3.8, 4) is 0 Å². The number of ether oxygens (including phenoxy) is 1. The van der Waals surface area contributed by atoms with Crippen molar-refractivity contribution in [2.75, 3.05) is 6.61 Å². The topological polar surface area (TPSA) is 47.3 Å². The van der Waals surface area contributed by atoms with Crippen molar-refractivity contribution in [3.63, 3.8) is 0 Å². The Morgan fingerprint density at radius 1 is 1.37 bits per heavy atom. The highest BCUT2D eigenvalue weighted by Crippen LogP contribution is 2.36. The number of rotatable bonds is 6. The highest BCUT2D eigenvalue weighted by molar-refractivity contribution is 5.21. The van der Waals surface area contributed by atoms with E-state index in [9.17, 15) is 8.78 Å². The molecule has 2 rings (SSSR count). The van der Waals surface area contributed by atoms with Gasteiger partial charge in [0.1, 0.15) is 0 Å². The van der Waals surface area contributed by atoms with Crippen LogP contribution < -0.4 is 11.3 Å². The summed E-state index contributed by atoms with van der Waals surface area (Å²) in [5.41, 5.74) is 3.36. The average molecular weight is 270 g/mol. The molecule has 3 nitrogen and oxygen atoms in total. The van der Waals surface area contributed by atoms with Gasteiger partial charge in [-0.1, -0.05) is 6.07 Å². The fourth-order valence-electron chi connectivity index (χ4n) is 2.60. The lowest BCUT2D eigenvalue weighted by Crippen LogP contribution is -2.36. The number of nitrogens with one attached hydrogen (secondary N) is 1. The second-order valence-corrected chi connectivity index (χ2v) is 5.04. The summed E-state index contributed by atoms with van der Waals surface area (Å²) in [6.45, 7) is 2.72. The second kappa shape index (κ2) is 6.41. The average Bonchev–Trinajstić information content (AvgIpc) is 2.36. The van der Waals surface area contributed by atoms with Crippen LogP contribution in [0.5, 0.6) is 0 Å². The lowest BCUT2D eigenvalue weighted by molar-refractivity contribution is -0.0291. The van der Waals surface area contributed by atoms with Crippen molar-refractivity contribution in [1.82, 2.24) is 5.43 Å². The maximum atomic E-state index is 13.2. The van der Waals surface area contributed by atoms with Crippen LogP contribution in [0.25, 0.3) is 0 Å². The third-order valence-corrected chi connectivity index (χ3v) is 3.71. The summed E-state index contributed by atoms with van der Waals surface area (Å²) in [7, 11) is 0. The predicted octanol–water partition coefficient (Wildman–Crippen LogP) is 2.67. The summed E-state index contributed by atoms with van der Waals surface area (Å²) in [5.74, 6) is 4.37. The van der Waals surface area contributed by atoms with Crippen molar-refractivity contribution in [2.45, 2.75) is 38.3 Å². The Morgan fingerprint density at radius 3 is 2.68 bits per heavy atom. The molecule has 1 saturated carbocycles. The first-order valence-electron chi connectivity index (χ1n) is 6.66. The third kappa shape index (κ3) is 3.49. The minimum atomic E-state index is -0.835. The van der Waals surface area contributed by atoms with E-state index in [1.54, 1.807) is 6.07 Å². The summed E-state index contributed by atoms with van der Waals surface area (Å²) < 4.78 is 31.6. The number of hydrazine groups is 1. The van der Waals surface area contributed by atoms with Gasteiger partial charge in [-0.2, -0.15) is 0 Å². The van der Waals surface area contributed by atoms with Crippen LogP contribution in [0.4, 0.5) is 8.78 Å². The predicted molar refractivity (Wildman–Crippen MR) is 69.2 cm³/mol. The van der Waals surface area contributed by atoms with Gasteiger partial charge in [-0.25, -0.2) is 8.78 Å². The molecule has 0 aliphatic heterocycles. The van der Waals surface area contributed by atoms with Gasteiger partial charge in [0.05, 0.1) is 6.10 Å². The third-order valence-electron chi connectivity index (χ3n) is 3.71. The molecule has 1 aliphatic carbocycles. The van der Waals surface area contributed by atoms with Crippen LogP contribution in [-0.2, 0) is 4.74 Å². The molecule has 5 heteroatoms. The Labute approximate surface area is 112 Å². The molecule has 0 bridgehead atoms. The molecule has 1 aromatic rings. The Kier molecular flexibility index (Phi) is 4.85. The highest BCUT2D eigenvalue weighted by atomic mass is 19.2. The molecule has 0 radical (unpaired) electrons. The lowest BCUT2D eigenvalue weighted by Gasteiger charge is -2.37. The molecule has 0 spiro atoms. The van der Waals surface area contributed by atoms with Crippen LogP contribution in [0.3, 0.4) is 0 Å². The van der Waals surface area contributed by atoms with E-state index in [0.717, 1.165) is 31.9 Å².